The van der Waals surface area contributed by atoms with Crippen molar-refractivity contribution in [3.05, 3.63) is 23.1 Å². The summed E-state index contributed by atoms with van der Waals surface area (Å²) in [6, 6.07) is 1.92. The van der Waals surface area contributed by atoms with E-state index in [2.05, 4.69) is 32.7 Å². The van der Waals surface area contributed by atoms with Gasteiger partial charge in [0.05, 0.1) is 5.69 Å². The summed E-state index contributed by atoms with van der Waals surface area (Å²) in [6.45, 7) is 7.52. The number of nitrogens with zero attached hydrogens (tertiary/aromatic N) is 3. The van der Waals surface area contributed by atoms with Crippen LogP contribution in [0, 0.1) is 13.8 Å². The molecular formula is C14H21N5OS. The standard InChI is InChI=1S/C14H21N5OS/c1-5-6-15-12-7-13(18-14(17-12)21-4)16-8-11-9(2)19-20-10(11)3/h7H,5-6,8H2,1-4H3,(H2,15,16,17,18). The van der Waals surface area contributed by atoms with E-state index in [-0.39, 0.29) is 0 Å². The number of aromatic nitrogens is 3. The lowest BCUT2D eigenvalue weighted by Gasteiger charge is -2.10. The second kappa shape index (κ2) is 7.31. The molecule has 0 unspecified atom stereocenters. The Morgan fingerprint density at radius 2 is 1.90 bits per heavy atom. The predicted molar refractivity (Wildman–Crippen MR) is 85.9 cm³/mol. The van der Waals surface area contributed by atoms with Gasteiger partial charge in [-0.2, -0.15) is 0 Å². The molecule has 6 nitrogen and oxygen atoms in total. The zero-order valence-electron chi connectivity index (χ0n) is 12.9. The highest BCUT2D eigenvalue weighted by Crippen LogP contribution is 2.19. The van der Waals surface area contributed by atoms with E-state index in [0.29, 0.717) is 6.54 Å². The number of thioether (sulfide) groups is 1. The first kappa shape index (κ1) is 15.6. The van der Waals surface area contributed by atoms with E-state index in [4.69, 9.17) is 4.52 Å². The van der Waals surface area contributed by atoms with E-state index in [1.54, 1.807) is 0 Å². The Balaban J connectivity index is 2.11. The van der Waals surface area contributed by atoms with E-state index in [9.17, 15) is 0 Å². The Morgan fingerprint density at radius 3 is 2.48 bits per heavy atom. The molecule has 2 rings (SSSR count). The zero-order valence-corrected chi connectivity index (χ0v) is 13.7. The van der Waals surface area contributed by atoms with Gasteiger partial charge in [-0.1, -0.05) is 23.8 Å². The minimum absolute atomic E-state index is 0.638. The molecule has 7 heteroatoms. The maximum Gasteiger partial charge on any atom is 0.191 e. The van der Waals surface area contributed by atoms with Gasteiger partial charge in [-0.15, -0.1) is 0 Å². The summed E-state index contributed by atoms with van der Waals surface area (Å²) in [5, 5.41) is 11.3. The van der Waals surface area contributed by atoms with Crippen LogP contribution in [-0.4, -0.2) is 27.9 Å². The molecule has 0 aliphatic carbocycles. The average Bonchev–Trinajstić information content (AvgIpc) is 2.81. The van der Waals surface area contributed by atoms with Crippen LogP contribution in [0.1, 0.15) is 30.4 Å². The molecule has 114 valence electrons. The van der Waals surface area contributed by atoms with Crippen LogP contribution in [0.25, 0.3) is 0 Å². The SMILES string of the molecule is CCCNc1cc(NCc2c(C)noc2C)nc(SC)n1. The minimum atomic E-state index is 0.638. The van der Waals surface area contributed by atoms with Gasteiger partial charge in [0.2, 0.25) is 0 Å². The molecule has 2 N–H and O–H groups in total. The molecule has 2 aromatic heterocycles. The van der Waals surface area contributed by atoms with Gasteiger partial charge in [-0.25, -0.2) is 9.97 Å². The number of rotatable bonds is 7. The quantitative estimate of drug-likeness (QED) is 0.600. The Kier molecular flexibility index (Phi) is 5.44. The van der Waals surface area contributed by atoms with Gasteiger partial charge in [0.1, 0.15) is 17.4 Å². The highest BCUT2D eigenvalue weighted by Gasteiger charge is 2.10. The minimum Gasteiger partial charge on any atom is -0.370 e. The van der Waals surface area contributed by atoms with E-state index in [1.165, 1.54) is 11.8 Å². The van der Waals surface area contributed by atoms with Crippen LogP contribution in [0.2, 0.25) is 0 Å². The molecule has 0 radical (unpaired) electrons. The van der Waals surface area contributed by atoms with Gasteiger partial charge in [-0.05, 0) is 26.5 Å². The van der Waals surface area contributed by atoms with Gasteiger partial charge in [-0.3, -0.25) is 0 Å². The average molecular weight is 307 g/mol. The summed E-state index contributed by atoms with van der Waals surface area (Å²) >= 11 is 1.53. The third-order valence-electron chi connectivity index (χ3n) is 3.07. The van der Waals surface area contributed by atoms with E-state index in [1.807, 2.05) is 26.2 Å². The summed E-state index contributed by atoms with van der Waals surface area (Å²) in [4.78, 5) is 8.91. The number of hydrogen-bond donors (Lipinski definition) is 2. The van der Waals surface area contributed by atoms with Crippen LogP contribution in [-0.2, 0) is 6.54 Å². The highest BCUT2D eigenvalue weighted by atomic mass is 32.2. The first-order valence-electron chi connectivity index (χ1n) is 6.96. The van der Waals surface area contributed by atoms with Gasteiger partial charge < -0.3 is 15.2 Å². The highest BCUT2D eigenvalue weighted by molar-refractivity contribution is 7.98. The summed E-state index contributed by atoms with van der Waals surface area (Å²) < 4.78 is 5.17. The number of anilines is 2. The van der Waals surface area contributed by atoms with Crippen molar-refractivity contribution in [2.24, 2.45) is 0 Å². The first-order chi connectivity index (χ1) is 10.1. The molecule has 0 bridgehead atoms. The molecule has 0 atom stereocenters. The normalized spacial score (nSPS) is 10.7. The van der Waals surface area contributed by atoms with Gasteiger partial charge in [0.15, 0.2) is 5.16 Å². The van der Waals surface area contributed by atoms with Crippen LogP contribution < -0.4 is 10.6 Å². The molecule has 0 aromatic carbocycles. The Morgan fingerprint density at radius 1 is 1.19 bits per heavy atom. The van der Waals surface area contributed by atoms with E-state index < -0.39 is 0 Å². The number of hydrogen-bond acceptors (Lipinski definition) is 7. The topological polar surface area (TPSA) is 75.9 Å². The molecule has 21 heavy (non-hydrogen) atoms. The Bertz CT molecular complexity index is 580. The maximum absolute atomic E-state index is 5.17. The lowest BCUT2D eigenvalue weighted by molar-refractivity contribution is 0.392. The van der Waals surface area contributed by atoms with Crippen LogP contribution in [0.4, 0.5) is 11.6 Å². The summed E-state index contributed by atoms with van der Waals surface area (Å²) in [5.41, 5.74) is 1.98. The van der Waals surface area contributed by atoms with Crippen molar-refractivity contribution in [2.45, 2.75) is 38.9 Å². The fraction of sp³-hybridized carbons (Fsp3) is 0.500. The largest absolute Gasteiger partial charge is 0.370 e. The summed E-state index contributed by atoms with van der Waals surface area (Å²) in [7, 11) is 0. The molecule has 2 heterocycles. The monoisotopic (exact) mass is 307 g/mol. The van der Waals surface area contributed by atoms with Crippen LogP contribution in [0.5, 0.6) is 0 Å². The van der Waals surface area contributed by atoms with Crippen molar-refractivity contribution >= 4 is 23.4 Å². The van der Waals surface area contributed by atoms with Crippen molar-refractivity contribution in [1.29, 1.82) is 0 Å². The molecule has 0 aliphatic rings. The number of nitrogens with one attached hydrogen (secondary N) is 2. The zero-order chi connectivity index (χ0) is 15.2. The van der Waals surface area contributed by atoms with Crippen molar-refractivity contribution in [2.75, 3.05) is 23.4 Å². The second-order valence-corrected chi connectivity index (χ2v) is 5.48. The third kappa shape index (κ3) is 4.10. The maximum atomic E-state index is 5.17. The van der Waals surface area contributed by atoms with Crippen molar-refractivity contribution in [3.63, 3.8) is 0 Å². The molecule has 2 aromatic rings. The molecular weight excluding hydrogens is 286 g/mol. The number of aryl methyl sites for hydroxylation is 2. The lowest BCUT2D eigenvalue weighted by Crippen LogP contribution is -2.07. The predicted octanol–water partition coefficient (Wildman–Crippen LogP) is 3.24. The van der Waals surface area contributed by atoms with Crippen LogP contribution in [0.3, 0.4) is 0 Å². The van der Waals surface area contributed by atoms with Gasteiger partial charge >= 0.3 is 0 Å². The van der Waals surface area contributed by atoms with Crippen molar-refractivity contribution in [1.82, 2.24) is 15.1 Å². The van der Waals surface area contributed by atoms with Gasteiger partial charge in [0.25, 0.3) is 0 Å². The lowest BCUT2D eigenvalue weighted by atomic mass is 10.2. The smallest absolute Gasteiger partial charge is 0.191 e. The van der Waals surface area contributed by atoms with E-state index >= 15 is 0 Å². The summed E-state index contributed by atoms with van der Waals surface area (Å²) in [6.07, 6.45) is 3.03. The molecule has 0 spiro atoms. The summed E-state index contributed by atoms with van der Waals surface area (Å²) in [5.74, 6) is 2.48. The Labute approximate surface area is 129 Å². The van der Waals surface area contributed by atoms with Crippen LogP contribution in [0.15, 0.2) is 15.7 Å². The third-order valence-corrected chi connectivity index (χ3v) is 3.62. The van der Waals surface area contributed by atoms with Crippen molar-refractivity contribution in [3.8, 4) is 0 Å². The van der Waals surface area contributed by atoms with Gasteiger partial charge in [0, 0.05) is 24.7 Å². The van der Waals surface area contributed by atoms with Crippen molar-refractivity contribution < 1.29 is 4.52 Å². The fourth-order valence-electron chi connectivity index (χ4n) is 1.88. The van der Waals surface area contributed by atoms with E-state index in [0.717, 1.165) is 46.8 Å². The molecule has 0 fully saturated rings. The molecule has 0 aliphatic heterocycles. The molecule has 0 saturated carbocycles. The second-order valence-electron chi connectivity index (χ2n) is 4.71. The molecule has 0 amide bonds. The fourth-order valence-corrected chi connectivity index (χ4v) is 2.26. The Hall–Kier alpha value is -1.76. The van der Waals surface area contributed by atoms with Crippen LogP contribution >= 0.6 is 11.8 Å². The molecule has 0 saturated heterocycles. The first-order valence-corrected chi connectivity index (χ1v) is 8.19.